The molecular weight excluding hydrogens is 422 g/mol. The molecule has 0 radical (unpaired) electrons. The van der Waals surface area contributed by atoms with Gasteiger partial charge in [-0.05, 0) is 49.2 Å². The molecule has 0 unspecified atom stereocenters. The smallest absolute Gasteiger partial charge is 0.227 e. The van der Waals surface area contributed by atoms with Crippen molar-refractivity contribution < 1.29 is 18.8 Å². The number of carbonyl (C=O) groups excluding carboxylic acids is 2. The van der Waals surface area contributed by atoms with Crippen molar-refractivity contribution in [1.82, 2.24) is 10.1 Å². The van der Waals surface area contributed by atoms with E-state index in [2.05, 4.69) is 20.4 Å². The van der Waals surface area contributed by atoms with Gasteiger partial charge in [0.15, 0.2) is 0 Å². The third-order valence-electron chi connectivity index (χ3n) is 5.80. The lowest BCUT2D eigenvalue weighted by molar-refractivity contribution is -0.122. The van der Waals surface area contributed by atoms with Crippen LogP contribution in [0, 0.1) is 5.92 Å². The summed E-state index contributed by atoms with van der Waals surface area (Å²) in [5.74, 6) is 1.15. The van der Waals surface area contributed by atoms with E-state index in [1.54, 1.807) is 7.11 Å². The summed E-state index contributed by atoms with van der Waals surface area (Å²) in [6, 6.07) is 15.0. The van der Waals surface area contributed by atoms with Crippen molar-refractivity contribution in [2.75, 3.05) is 30.4 Å². The molecule has 2 aromatic carbocycles. The van der Waals surface area contributed by atoms with E-state index in [0.29, 0.717) is 31.0 Å². The molecule has 172 valence electrons. The van der Waals surface area contributed by atoms with E-state index in [1.807, 2.05) is 48.5 Å². The number of ether oxygens (including phenoxy) is 1. The molecule has 0 atom stereocenters. The maximum Gasteiger partial charge on any atom is 0.227 e. The van der Waals surface area contributed by atoms with Crippen molar-refractivity contribution in [2.45, 2.75) is 25.7 Å². The van der Waals surface area contributed by atoms with Gasteiger partial charge in [-0.25, -0.2) is 0 Å². The van der Waals surface area contributed by atoms with E-state index in [-0.39, 0.29) is 24.2 Å². The van der Waals surface area contributed by atoms with Crippen LogP contribution < -0.4 is 20.7 Å². The fourth-order valence-electron chi connectivity index (χ4n) is 3.91. The van der Waals surface area contributed by atoms with Gasteiger partial charge in [0.05, 0.1) is 18.5 Å². The molecule has 1 aliphatic rings. The maximum atomic E-state index is 12.6. The van der Waals surface area contributed by atoms with Crippen LogP contribution in [0.3, 0.4) is 0 Å². The van der Waals surface area contributed by atoms with Crippen LogP contribution in [0.1, 0.15) is 25.2 Å². The zero-order valence-corrected chi connectivity index (χ0v) is 18.5. The summed E-state index contributed by atoms with van der Waals surface area (Å²) in [6.07, 6.45) is 1.97. The van der Waals surface area contributed by atoms with E-state index >= 15 is 0 Å². The molecule has 1 saturated heterocycles. The Balaban J connectivity index is 1.33. The number of nitrogens with two attached hydrogens (primary N) is 1. The molecule has 1 fully saturated rings. The van der Waals surface area contributed by atoms with Crippen LogP contribution in [0.2, 0.25) is 0 Å². The van der Waals surface area contributed by atoms with E-state index in [4.69, 9.17) is 15.0 Å². The first-order chi connectivity index (χ1) is 16.0. The predicted octanol–water partition coefficient (Wildman–Crippen LogP) is 3.02. The minimum Gasteiger partial charge on any atom is -0.497 e. The molecule has 1 aromatic heterocycles. The highest BCUT2D eigenvalue weighted by Crippen LogP contribution is 2.30. The maximum absolute atomic E-state index is 12.6. The number of piperidine rings is 1. The first-order valence-electron chi connectivity index (χ1n) is 10.9. The lowest BCUT2D eigenvalue weighted by Crippen LogP contribution is -2.38. The average Bonchev–Trinajstić information content (AvgIpc) is 3.32. The third kappa shape index (κ3) is 5.49. The number of carbonyl (C=O) groups is 2. The normalized spacial score (nSPS) is 14.2. The minimum absolute atomic E-state index is 0.0831. The monoisotopic (exact) mass is 449 g/mol. The quantitative estimate of drug-likeness (QED) is 0.542. The van der Waals surface area contributed by atoms with Crippen molar-refractivity contribution in [3.63, 3.8) is 0 Å². The van der Waals surface area contributed by atoms with Gasteiger partial charge in [-0.2, -0.15) is 4.98 Å². The first-order valence-corrected chi connectivity index (χ1v) is 10.9. The number of nitrogens with zero attached hydrogens (tertiary/aromatic N) is 3. The number of rotatable bonds is 8. The largest absolute Gasteiger partial charge is 0.497 e. The summed E-state index contributed by atoms with van der Waals surface area (Å²) >= 11 is 0. The second-order valence-electron chi connectivity index (χ2n) is 7.97. The van der Waals surface area contributed by atoms with Gasteiger partial charge in [0.2, 0.25) is 23.5 Å². The van der Waals surface area contributed by atoms with E-state index in [9.17, 15) is 9.59 Å². The summed E-state index contributed by atoms with van der Waals surface area (Å²) in [6.45, 7) is 1.44. The second kappa shape index (κ2) is 10.2. The summed E-state index contributed by atoms with van der Waals surface area (Å²) in [7, 11) is 1.61. The number of primary amides is 1. The van der Waals surface area contributed by atoms with Crippen LogP contribution >= 0.6 is 0 Å². The highest BCUT2D eigenvalue weighted by Gasteiger charge is 2.24. The predicted molar refractivity (Wildman–Crippen MR) is 124 cm³/mol. The van der Waals surface area contributed by atoms with Crippen molar-refractivity contribution >= 4 is 23.2 Å². The number of aromatic nitrogens is 2. The van der Waals surface area contributed by atoms with E-state index in [1.165, 1.54) is 0 Å². The number of nitrogens with one attached hydrogen (secondary N) is 1. The highest BCUT2D eigenvalue weighted by molar-refractivity contribution is 5.94. The summed E-state index contributed by atoms with van der Waals surface area (Å²) in [5, 5.41) is 6.99. The topological polar surface area (TPSA) is 124 Å². The molecule has 2 amide bonds. The summed E-state index contributed by atoms with van der Waals surface area (Å²) in [4.78, 5) is 30.6. The molecule has 0 spiro atoms. The number of hydrogen-bond donors (Lipinski definition) is 2. The zero-order valence-electron chi connectivity index (χ0n) is 18.5. The fraction of sp³-hybridized carbons (Fsp3) is 0.333. The molecule has 9 heteroatoms. The number of amides is 2. The molecule has 1 aliphatic heterocycles. The minimum atomic E-state index is -0.243. The Kier molecular flexibility index (Phi) is 6.87. The van der Waals surface area contributed by atoms with Gasteiger partial charge in [0, 0.05) is 37.4 Å². The van der Waals surface area contributed by atoms with Crippen LogP contribution in [0.4, 0.5) is 11.4 Å². The van der Waals surface area contributed by atoms with Gasteiger partial charge >= 0.3 is 0 Å². The Morgan fingerprint density at radius 3 is 2.58 bits per heavy atom. The summed E-state index contributed by atoms with van der Waals surface area (Å²) < 4.78 is 10.5. The molecular formula is C24H27N5O4. The van der Waals surface area contributed by atoms with Crippen LogP contribution in [0.5, 0.6) is 5.75 Å². The third-order valence-corrected chi connectivity index (χ3v) is 5.80. The number of anilines is 2. The molecule has 0 saturated carbocycles. The average molecular weight is 450 g/mol. The zero-order chi connectivity index (χ0) is 23.2. The van der Waals surface area contributed by atoms with Crippen molar-refractivity contribution in [1.29, 1.82) is 0 Å². The number of aryl methyl sites for hydroxylation is 1. The van der Waals surface area contributed by atoms with Gasteiger partial charge < -0.3 is 25.2 Å². The number of hydrogen-bond acceptors (Lipinski definition) is 7. The fourth-order valence-corrected chi connectivity index (χ4v) is 3.91. The van der Waals surface area contributed by atoms with Gasteiger partial charge in [-0.1, -0.05) is 17.3 Å². The molecule has 2 heterocycles. The number of para-hydroxylation sites is 2. The molecule has 0 aliphatic carbocycles. The second-order valence-corrected chi connectivity index (χ2v) is 7.97. The standard InChI is InChI=1S/C24H27N5O4/c1-32-18-8-6-17(7-9-18)24-27-22(33-28-24)11-10-21(30)26-19-4-2-3-5-20(19)29-14-12-16(13-15-29)23(25)31/h2-9,16H,10-15H2,1H3,(H2,25,31)(H,26,30). The van der Waals surface area contributed by atoms with Gasteiger partial charge in [0.25, 0.3) is 0 Å². The van der Waals surface area contributed by atoms with Crippen LogP contribution in [-0.4, -0.2) is 42.2 Å². The Morgan fingerprint density at radius 2 is 1.88 bits per heavy atom. The van der Waals surface area contributed by atoms with E-state index in [0.717, 1.165) is 35.8 Å². The van der Waals surface area contributed by atoms with Crippen LogP contribution in [0.15, 0.2) is 53.1 Å². The Morgan fingerprint density at radius 1 is 1.15 bits per heavy atom. The Hall–Kier alpha value is -3.88. The van der Waals surface area contributed by atoms with E-state index < -0.39 is 0 Å². The Labute approximate surface area is 191 Å². The first kappa shape index (κ1) is 22.3. The lowest BCUT2D eigenvalue weighted by atomic mass is 9.96. The Bertz CT molecular complexity index is 1100. The number of methoxy groups -OCH3 is 1. The van der Waals surface area contributed by atoms with Gasteiger partial charge in [-0.3, -0.25) is 9.59 Å². The van der Waals surface area contributed by atoms with Crippen LogP contribution in [0.25, 0.3) is 11.4 Å². The molecule has 3 aromatic rings. The lowest BCUT2D eigenvalue weighted by Gasteiger charge is -2.33. The number of benzene rings is 2. The molecule has 9 nitrogen and oxygen atoms in total. The van der Waals surface area contributed by atoms with Crippen molar-refractivity contribution in [2.24, 2.45) is 11.7 Å². The van der Waals surface area contributed by atoms with Crippen LogP contribution in [-0.2, 0) is 16.0 Å². The van der Waals surface area contributed by atoms with Crippen molar-refractivity contribution in [3.8, 4) is 17.1 Å². The molecule has 33 heavy (non-hydrogen) atoms. The summed E-state index contributed by atoms with van der Waals surface area (Å²) in [5.41, 5.74) is 7.93. The highest BCUT2D eigenvalue weighted by atomic mass is 16.5. The van der Waals surface area contributed by atoms with Crippen molar-refractivity contribution in [3.05, 3.63) is 54.4 Å². The van der Waals surface area contributed by atoms with Gasteiger partial charge in [-0.15, -0.1) is 0 Å². The molecule has 4 rings (SSSR count). The van der Waals surface area contributed by atoms with Gasteiger partial charge in [0.1, 0.15) is 5.75 Å². The SMILES string of the molecule is COc1ccc(-c2noc(CCC(=O)Nc3ccccc3N3CCC(C(N)=O)CC3)n2)cc1. The molecule has 0 bridgehead atoms. The molecule has 3 N–H and O–H groups in total.